The van der Waals surface area contributed by atoms with E-state index in [1.54, 1.807) is 11.3 Å². The Bertz CT molecular complexity index is 456. The van der Waals surface area contributed by atoms with Gasteiger partial charge in [-0.05, 0) is 30.7 Å². The van der Waals surface area contributed by atoms with Crippen molar-refractivity contribution in [2.75, 3.05) is 6.54 Å². The summed E-state index contributed by atoms with van der Waals surface area (Å²) in [6.45, 7) is 3.04. The zero-order valence-corrected chi connectivity index (χ0v) is 11.3. The number of nitrogens with zero attached hydrogens (tertiary/aromatic N) is 1. The van der Waals surface area contributed by atoms with E-state index in [2.05, 4.69) is 28.7 Å². The third-order valence-electron chi connectivity index (χ3n) is 2.59. The Kier molecular flexibility index (Phi) is 4.54. The fourth-order valence-electron chi connectivity index (χ4n) is 1.82. The Labute approximate surface area is 111 Å². The topological polar surface area (TPSA) is 24.9 Å². The lowest BCUT2D eigenvalue weighted by molar-refractivity contribution is 0.539. The first-order valence-electron chi connectivity index (χ1n) is 5.65. The first-order chi connectivity index (χ1) is 8.29. The summed E-state index contributed by atoms with van der Waals surface area (Å²) in [5.41, 5.74) is 4.21. The molecule has 0 spiro atoms. The molecule has 1 aromatic heterocycles. The summed E-state index contributed by atoms with van der Waals surface area (Å²) in [5, 5.41) is 6.34. The highest BCUT2D eigenvalue weighted by atomic mass is 35.5. The number of benzene rings is 1. The van der Waals surface area contributed by atoms with Crippen LogP contribution < -0.4 is 5.32 Å². The predicted octanol–water partition coefficient (Wildman–Crippen LogP) is 3.69. The number of hydrogen-bond acceptors (Lipinski definition) is 3. The van der Waals surface area contributed by atoms with Crippen molar-refractivity contribution in [2.24, 2.45) is 0 Å². The summed E-state index contributed by atoms with van der Waals surface area (Å²) in [6, 6.07) is 8.27. The quantitative estimate of drug-likeness (QED) is 0.893. The Morgan fingerprint density at radius 3 is 3.00 bits per heavy atom. The molecular weight excluding hydrogens is 252 g/mol. The third-order valence-corrected chi connectivity index (χ3v) is 3.43. The van der Waals surface area contributed by atoms with Crippen LogP contribution in [0.5, 0.6) is 0 Å². The Morgan fingerprint density at radius 2 is 2.35 bits per heavy atom. The Hall–Kier alpha value is -0.900. The summed E-state index contributed by atoms with van der Waals surface area (Å²) in [4.78, 5) is 4.38. The van der Waals surface area contributed by atoms with Crippen molar-refractivity contribution < 1.29 is 0 Å². The highest BCUT2D eigenvalue weighted by molar-refractivity contribution is 7.07. The van der Waals surface area contributed by atoms with Crippen LogP contribution >= 0.6 is 22.9 Å². The molecule has 90 valence electrons. The molecular formula is C13H15ClN2S. The Morgan fingerprint density at radius 1 is 1.47 bits per heavy atom. The molecule has 0 bridgehead atoms. The van der Waals surface area contributed by atoms with Gasteiger partial charge in [0, 0.05) is 10.4 Å². The lowest BCUT2D eigenvalue weighted by Gasteiger charge is -2.15. The molecule has 1 heterocycles. The van der Waals surface area contributed by atoms with Gasteiger partial charge in [-0.1, -0.05) is 30.7 Å². The minimum absolute atomic E-state index is 0.268. The van der Waals surface area contributed by atoms with Crippen LogP contribution in [0.15, 0.2) is 35.2 Å². The van der Waals surface area contributed by atoms with Gasteiger partial charge in [-0.3, -0.25) is 0 Å². The maximum atomic E-state index is 6.00. The minimum Gasteiger partial charge on any atom is -0.309 e. The smallest absolute Gasteiger partial charge is 0.0795 e. The average Bonchev–Trinajstić information content (AvgIpc) is 2.82. The third kappa shape index (κ3) is 3.53. The fourth-order valence-corrected chi connectivity index (χ4v) is 2.64. The molecule has 1 N–H and O–H groups in total. The monoisotopic (exact) mass is 266 g/mol. The molecule has 1 atom stereocenters. The molecule has 1 unspecified atom stereocenters. The van der Waals surface area contributed by atoms with Gasteiger partial charge in [0.1, 0.15) is 0 Å². The SMILES string of the molecule is CCNC(Cc1cccc(Cl)c1)c1cscn1. The van der Waals surface area contributed by atoms with Crippen LogP contribution in [0.2, 0.25) is 5.02 Å². The number of aromatic nitrogens is 1. The molecule has 2 rings (SSSR count). The standard InChI is InChI=1S/C13H15ClN2S/c1-2-15-12(13-8-17-9-16-13)7-10-4-3-5-11(14)6-10/h3-6,8-9,12,15H,2,7H2,1H3. The van der Waals surface area contributed by atoms with E-state index in [0.29, 0.717) is 0 Å². The fraction of sp³-hybridized carbons (Fsp3) is 0.308. The van der Waals surface area contributed by atoms with Gasteiger partial charge < -0.3 is 5.32 Å². The molecule has 0 amide bonds. The maximum Gasteiger partial charge on any atom is 0.0795 e. The van der Waals surface area contributed by atoms with Gasteiger partial charge in [0.25, 0.3) is 0 Å². The van der Waals surface area contributed by atoms with Crippen molar-refractivity contribution in [1.29, 1.82) is 0 Å². The largest absolute Gasteiger partial charge is 0.309 e. The lowest BCUT2D eigenvalue weighted by atomic mass is 10.0. The first kappa shape index (κ1) is 12.6. The van der Waals surface area contributed by atoms with E-state index in [-0.39, 0.29) is 6.04 Å². The van der Waals surface area contributed by atoms with E-state index in [1.165, 1.54) is 5.56 Å². The molecule has 0 saturated heterocycles. The normalized spacial score (nSPS) is 12.6. The predicted molar refractivity (Wildman–Crippen MR) is 73.7 cm³/mol. The van der Waals surface area contributed by atoms with Crippen LogP contribution in [0.4, 0.5) is 0 Å². The van der Waals surface area contributed by atoms with Gasteiger partial charge in [0.2, 0.25) is 0 Å². The van der Waals surface area contributed by atoms with Crippen LogP contribution in [0.3, 0.4) is 0 Å². The molecule has 0 aliphatic carbocycles. The zero-order chi connectivity index (χ0) is 12.1. The molecule has 17 heavy (non-hydrogen) atoms. The van der Waals surface area contributed by atoms with Gasteiger partial charge in [-0.2, -0.15) is 0 Å². The van der Waals surface area contributed by atoms with Crippen molar-refractivity contribution in [3.63, 3.8) is 0 Å². The molecule has 0 aliphatic heterocycles. The first-order valence-corrected chi connectivity index (χ1v) is 6.97. The average molecular weight is 267 g/mol. The molecule has 0 saturated carbocycles. The van der Waals surface area contributed by atoms with E-state index in [1.807, 2.05) is 23.7 Å². The number of nitrogens with one attached hydrogen (secondary N) is 1. The summed E-state index contributed by atoms with van der Waals surface area (Å²) in [5.74, 6) is 0. The van der Waals surface area contributed by atoms with E-state index < -0.39 is 0 Å². The number of halogens is 1. The van der Waals surface area contributed by atoms with Crippen molar-refractivity contribution >= 4 is 22.9 Å². The minimum atomic E-state index is 0.268. The zero-order valence-electron chi connectivity index (χ0n) is 9.69. The maximum absolute atomic E-state index is 6.00. The molecule has 4 heteroatoms. The highest BCUT2D eigenvalue weighted by Crippen LogP contribution is 2.20. The molecule has 1 aromatic carbocycles. The van der Waals surface area contributed by atoms with E-state index >= 15 is 0 Å². The van der Waals surface area contributed by atoms with Crippen LogP contribution in [-0.2, 0) is 6.42 Å². The number of hydrogen-bond donors (Lipinski definition) is 1. The molecule has 2 nitrogen and oxygen atoms in total. The van der Waals surface area contributed by atoms with Crippen LogP contribution in [0.1, 0.15) is 24.2 Å². The van der Waals surface area contributed by atoms with E-state index in [9.17, 15) is 0 Å². The summed E-state index contributed by atoms with van der Waals surface area (Å²) in [7, 11) is 0. The molecule has 2 aromatic rings. The van der Waals surface area contributed by atoms with Gasteiger partial charge in [0.15, 0.2) is 0 Å². The van der Waals surface area contributed by atoms with Gasteiger partial charge in [0.05, 0.1) is 17.2 Å². The summed E-state index contributed by atoms with van der Waals surface area (Å²) >= 11 is 7.63. The van der Waals surface area contributed by atoms with Gasteiger partial charge in [-0.15, -0.1) is 11.3 Å². The number of likely N-dealkylation sites (N-methyl/N-ethyl adjacent to an activating group) is 1. The van der Waals surface area contributed by atoms with Crippen molar-refractivity contribution in [3.05, 3.63) is 51.4 Å². The number of thiazole rings is 1. The highest BCUT2D eigenvalue weighted by Gasteiger charge is 2.12. The summed E-state index contributed by atoms with van der Waals surface area (Å²) in [6.07, 6.45) is 0.915. The van der Waals surface area contributed by atoms with E-state index in [0.717, 1.165) is 23.7 Å². The van der Waals surface area contributed by atoms with E-state index in [4.69, 9.17) is 11.6 Å². The molecule has 0 radical (unpaired) electrons. The van der Waals surface area contributed by atoms with Crippen molar-refractivity contribution in [3.8, 4) is 0 Å². The van der Waals surface area contributed by atoms with Gasteiger partial charge >= 0.3 is 0 Å². The summed E-state index contributed by atoms with van der Waals surface area (Å²) < 4.78 is 0. The van der Waals surface area contributed by atoms with Gasteiger partial charge in [-0.25, -0.2) is 4.98 Å². The lowest BCUT2D eigenvalue weighted by Crippen LogP contribution is -2.23. The molecule has 0 aliphatic rings. The van der Waals surface area contributed by atoms with Crippen LogP contribution in [-0.4, -0.2) is 11.5 Å². The van der Waals surface area contributed by atoms with Crippen molar-refractivity contribution in [1.82, 2.24) is 10.3 Å². The second kappa shape index (κ2) is 6.15. The van der Waals surface area contributed by atoms with Crippen LogP contribution in [0, 0.1) is 0 Å². The van der Waals surface area contributed by atoms with Crippen LogP contribution in [0.25, 0.3) is 0 Å². The Balaban J connectivity index is 2.13. The van der Waals surface area contributed by atoms with Crippen molar-refractivity contribution in [2.45, 2.75) is 19.4 Å². The number of rotatable bonds is 5. The second-order valence-corrected chi connectivity index (χ2v) is 5.01. The second-order valence-electron chi connectivity index (χ2n) is 3.86. The molecule has 0 fully saturated rings.